The number of benzene rings is 2. The van der Waals surface area contributed by atoms with Crippen LogP contribution in [0.25, 0.3) is 0 Å². The Hall–Kier alpha value is -3.15. The van der Waals surface area contributed by atoms with E-state index in [4.69, 9.17) is 5.73 Å². The summed E-state index contributed by atoms with van der Waals surface area (Å²) in [6.07, 6.45) is 0.352. The van der Waals surface area contributed by atoms with Crippen LogP contribution >= 0.6 is 0 Å². The Morgan fingerprint density at radius 1 is 0.852 bits per heavy atom. The first kappa shape index (κ1) is 20.2. The molecule has 0 bridgehead atoms. The van der Waals surface area contributed by atoms with Crippen molar-refractivity contribution in [3.05, 3.63) is 71.8 Å². The number of nitrogens with one attached hydrogen (secondary N) is 2. The molecule has 0 aromatic heterocycles. The number of rotatable bonds is 9. The average Bonchev–Trinajstić information content (AvgIpc) is 2.67. The highest BCUT2D eigenvalue weighted by atomic mass is 16.2. The SMILES string of the molecule is C[C@@H](NC(=O)CCC(=O)N[C@H](Cc1ccccc1)C(N)=O)c1ccccc1. The second kappa shape index (κ2) is 10.1. The molecule has 6 nitrogen and oxygen atoms in total. The molecule has 0 fully saturated rings. The molecule has 0 saturated heterocycles. The summed E-state index contributed by atoms with van der Waals surface area (Å²) in [7, 11) is 0. The summed E-state index contributed by atoms with van der Waals surface area (Å²) < 4.78 is 0. The van der Waals surface area contributed by atoms with E-state index in [0.29, 0.717) is 6.42 Å². The van der Waals surface area contributed by atoms with Crippen LogP contribution in [0.2, 0.25) is 0 Å². The van der Waals surface area contributed by atoms with Gasteiger partial charge in [0.25, 0.3) is 0 Å². The fourth-order valence-corrected chi connectivity index (χ4v) is 2.70. The van der Waals surface area contributed by atoms with Crippen LogP contribution in [-0.4, -0.2) is 23.8 Å². The third-order valence-corrected chi connectivity index (χ3v) is 4.22. The van der Waals surface area contributed by atoms with E-state index in [-0.39, 0.29) is 30.7 Å². The van der Waals surface area contributed by atoms with Crippen molar-refractivity contribution in [1.29, 1.82) is 0 Å². The molecule has 2 aromatic rings. The molecule has 0 unspecified atom stereocenters. The summed E-state index contributed by atoms with van der Waals surface area (Å²) in [5, 5.41) is 5.47. The Morgan fingerprint density at radius 3 is 1.93 bits per heavy atom. The number of carbonyl (C=O) groups excluding carboxylic acids is 3. The van der Waals surface area contributed by atoms with Crippen LogP contribution in [0.4, 0.5) is 0 Å². The van der Waals surface area contributed by atoms with Crippen LogP contribution in [0.3, 0.4) is 0 Å². The Labute approximate surface area is 159 Å². The fraction of sp³-hybridized carbons (Fsp3) is 0.286. The fourth-order valence-electron chi connectivity index (χ4n) is 2.70. The molecule has 0 spiro atoms. The smallest absolute Gasteiger partial charge is 0.240 e. The highest BCUT2D eigenvalue weighted by Gasteiger charge is 2.19. The predicted octanol–water partition coefficient (Wildman–Crippen LogP) is 1.86. The molecule has 2 rings (SSSR count). The van der Waals surface area contributed by atoms with Crippen LogP contribution in [0.5, 0.6) is 0 Å². The van der Waals surface area contributed by atoms with Crippen molar-refractivity contribution in [3.8, 4) is 0 Å². The van der Waals surface area contributed by atoms with Gasteiger partial charge in [0.05, 0.1) is 6.04 Å². The molecule has 0 heterocycles. The maximum atomic E-state index is 12.1. The predicted molar refractivity (Wildman–Crippen MR) is 104 cm³/mol. The monoisotopic (exact) mass is 367 g/mol. The molecule has 6 heteroatoms. The van der Waals surface area contributed by atoms with E-state index in [2.05, 4.69) is 10.6 Å². The molecule has 2 atom stereocenters. The van der Waals surface area contributed by atoms with Crippen LogP contribution < -0.4 is 16.4 Å². The third-order valence-electron chi connectivity index (χ3n) is 4.22. The normalized spacial score (nSPS) is 12.6. The summed E-state index contributed by atoms with van der Waals surface area (Å²) in [5.41, 5.74) is 7.28. The van der Waals surface area contributed by atoms with Crippen LogP contribution in [0, 0.1) is 0 Å². The van der Waals surface area contributed by atoms with Gasteiger partial charge in [0.1, 0.15) is 6.04 Å². The molecule has 4 N–H and O–H groups in total. The van der Waals surface area contributed by atoms with Gasteiger partial charge in [-0.15, -0.1) is 0 Å². The molecule has 0 aliphatic heterocycles. The lowest BCUT2D eigenvalue weighted by atomic mass is 10.1. The Balaban J connectivity index is 1.79. The van der Waals surface area contributed by atoms with Gasteiger partial charge < -0.3 is 16.4 Å². The van der Waals surface area contributed by atoms with Gasteiger partial charge in [-0.3, -0.25) is 14.4 Å². The number of hydrogen-bond donors (Lipinski definition) is 3. The minimum atomic E-state index is -0.800. The number of hydrogen-bond acceptors (Lipinski definition) is 3. The van der Waals surface area contributed by atoms with Crippen LogP contribution in [0.1, 0.15) is 36.9 Å². The lowest BCUT2D eigenvalue weighted by Crippen LogP contribution is -2.46. The molecule has 3 amide bonds. The van der Waals surface area contributed by atoms with Crippen molar-refractivity contribution in [2.45, 2.75) is 38.3 Å². The summed E-state index contributed by atoms with van der Waals surface area (Å²) >= 11 is 0. The maximum Gasteiger partial charge on any atom is 0.240 e. The lowest BCUT2D eigenvalue weighted by molar-refractivity contribution is -0.129. The minimum Gasteiger partial charge on any atom is -0.368 e. The molecule has 0 aliphatic rings. The summed E-state index contributed by atoms with van der Waals surface area (Å²) in [6, 6.07) is 17.9. The molecule has 2 aromatic carbocycles. The molecule has 142 valence electrons. The Kier molecular flexibility index (Phi) is 7.55. The first-order valence-corrected chi connectivity index (χ1v) is 8.92. The first-order valence-electron chi connectivity index (χ1n) is 8.92. The van der Waals surface area contributed by atoms with Gasteiger partial charge in [-0.2, -0.15) is 0 Å². The summed E-state index contributed by atoms with van der Waals surface area (Å²) in [5.74, 6) is -1.20. The van der Waals surface area contributed by atoms with Gasteiger partial charge >= 0.3 is 0 Å². The van der Waals surface area contributed by atoms with Crippen molar-refractivity contribution >= 4 is 17.7 Å². The first-order chi connectivity index (χ1) is 13.0. The van der Waals surface area contributed by atoms with Crippen molar-refractivity contribution < 1.29 is 14.4 Å². The molecule has 0 saturated carbocycles. The molecule has 0 aliphatic carbocycles. The number of carbonyl (C=O) groups is 3. The van der Waals surface area contributed by atoms with Gasteiger partial charge in [-0.25, -0.2) is 0 Å². The zero-order valence-electron chi connectivity index (χ0n) is 15.4. The number of primary amides is 1. The molecule has 27 heavy (non-hydrogen) atoms. The van der Waals surface area contributed by atoms with E-state index < -0.39 is 11.9 Å². The van der Waals surface area contributed by atoms with Gasteiger partial charge in [0, 0.05) is 19.3 Å². The lowest BCUT2D eigenvalue weighted by Gasteiger charge is -2.16. The standard InChI is InChI=1S/C21H25N3O3/c1-15(17-10-6-3-7-11-17)23-19(25)12-13-20(26)24-18(21(22)27)14-16-8-4-2-5-9-16/h2-11,15,18H,12-14H2,1H3,(H2,22,27)(H,23,25)(H,24,26)/t15-,18-/m1/s1. The van der Waals surface area contributed by atoms with E-state index in [0.717, 1.165) is 11.1 Å². The molecular formula is C21H25N3O3. The van der Waals surface area contributed by atoms with E-state index in [1.807, 2.05) is 67.6 Å². The second-order valence-corrected chi connectivity index (χ2v) is 6.41. The zero-order valence-corrected chi connectivity index (χ0v) is 15.4. The van der Waals surface area contributed by atoms with E-state index in [1.165, 1.54) is 0 Å². The van der Waals surface area contributed by atoms with E-state index in [1.54, 1.807) is 0 Å². The van der Waals surface area contributed by atoms with Gasteiger partial charge in [0.15, 0.2) is 0 Å². The van der Waals surface area contributed by atoms with Crippen LogP contribution in [0.15, 0.2) is 60.7 Å². The molecular weight excluding hydrogens is 342 g/mol. The highest BCUT2D eigenvalue weighted by Crippen LogP contribution is 2.11. The largest absolute Gasteiger partial charge is 0.368 e. The number of amides is 3. The van der Waals surface area contributed by atoms with Crippen LogP contribution in [-0.2, 0) is 20.8 Å². The van der Waals surface area contributed by atoms with E-state index in [9.17, 15) is 14.4 Å². The minimum absolute atomic E-state index is 0.00802. The van der Waals surface area contributed by atoms with Crippen molar-refractivity contribution in [2.75, 3.05) is 0 Å². The topological polar surface area (TPSA) is 101 Å². The summed E-state index contributed by atoms with van der Waals surface area (Å²) in [6.45, 7) is 1.89. The van der Waals surface area contributed by atoms with Crippen molar-refractivity contribution in [1.82, 2.24) is 10.6 Å². The highest BCUT2D eigenvalue weighted by molar-refractivity contribution is 5.88. The van der Waals surface area contributed by atoms with Gasteiger partial charge in [-0.05, 0) is 18.1 Å². The quantitative estimate of drug-likeness (QED) is 0.630. The second-order valence-electron chi connectivity index (χ2n) is 6.41. The average molecular weight is 367 g/mol. The van der Waals surface area contributed by atoms with Crippen molar-refractivity contribution in [2.24, 2.45) is 5.73 Å². The third kappa shape index (κ3) is 6.93. The van der Waals surface area contributed by atoms with Gasteiger partial charge in [0.2, 0.25) is 17.7 Å². The Morgan fingerprint density at radius 2 is 1.37 bits per heavy atom. The van der Waals surface area contributed by atoms with Gasteiger partial charge in [-0.1, -0.05) is 60.7 Å². The summed E-state index contributed by atoms with van der Waals surface area (Å²) in [4.78, 5) is 35.8. The number of nitrogens with two attached hydrogens (primary N) is 1. The Bertz CT molecular complexity index is 763. The zero-order chi connectivity index (χ0) is 19.6. The van der Waals surface area contributed by atoms with E-state index >= 15 is 0 Å². The molecule has 0 radical (unpaired) electrons. The van der Waals surface area contributed by atoms with Crippen molar-refractivity contribution in [3.63, 3.8) is 0 Å². The maximum absolute atomic E-state index is 12.1.